The predicted molar refractivity (Wildman–Crippen MR) is 226 cm³/mol. The Labute approximate surface area is 309 Å². The van der Waals surface area contributed by atoms with Gasteiger partial charge in [-0.1, -0.05) is 85.3 Å². The van der Waals surface area contributed by atoms with Crippen molar-refractivity contribution in [3.8, 4) is 0 Å². The van der Waals surface area contributed by atoms with Gasteiger partial charge < -0.3 is 9.80 Å². The molecule has 258 valence electrons. The average Bonchev–Trinajstić information content (AvgIpc) is 3.14. The van der Waals surface area contributed by atoms with Gasteiger partial charge in [0.1, 0.15) is 0 Å². The molecule has 1 aliphatic carbocycles. The van der Waals surface area contributed by atoms with Crippen LogP contribution in [-0.4, -0.2) is 0 Å². The van der Waals surface area contributed by atoms with Crippen LogP contribution in [0.4, 0.5) is 28.4 Å². The molecule has 7 aromatic carbocycles. The summed E-state index contributed by atoms with van der Waals surface area (Å²) in [5, 5.41) is 7.48. The van der Waals surface area contributed by atoms with E-state index in [0.29, 0.717) is 5.92 Å². The van der Waals surface area contributed by atoms with Crippen LogP contribution >= 0.6 is 0 Å². The van der Waals surface area contributed by atoms with E-state index >= 15 is 0 Å². The maximum absolute atomic E-state index is 2.50. The second kappa shape index (κ2) is 13.2. The molecule has 0 saturated heterocycles. The van der Waals surface area contributed by atoms with Crippen LogP contribution in [0.15, 0.2) is 139 Å². The molecule has 0 aromatic heterocycles. The summed E-state index contributed by atoms with van der Waals surface area (Å²) in [6.07, 6.45) is 5.86. The maximum Gasteiger partial charge on any atom is 0.0546 e. The maximum atomic E-state index is 2.50. The lowest BCUT2D eigenvalue weighted by Gasteiger charge is -2.32. The highest BCUT2D eigenvalue weighted by Crippen LogP contribution is 2.47. The van der Waals surface area contributed by atoms with Gasteiger partial charge in [0.2, 0.25) is 0 Å². The Hall–Kier alpha value is -5.60. The van der Waals surface area contributed by atoms with Gasteiger partial charge in [-0.3, -0.25) is 0 Å². The molecule has 0 fully saturated rings. The molecule has 52 heavy (non-hydrogen) atoms. The highest BCUT2D eigenvalue weighted by molar-refractivity contribution is 6.24. The fourth-order valence-corrected chi connectivity index (χ4v) is 7.81. The van der Waals surface area contributed by atoms with Crippen molar-refractivity contribution in [2.24, 2.45) is 5.92 Å². The molecule has 0 bridgehead atoms. The van der Waals surface area contributed by atoms with E-state index in [4.69, 9.17) is 0 Å². The third-order valence-electron chi connectivity index (χ3n) is 11.7. The van der Waals surface area contributed by atoms with E-state index < -0.39 is 0 Å². The summed E-state index contributed by atoms with van der Waals surface area (Å²) >= 11 is 0. The Balaban J connectivity index is 1.46. The van der Waals surface area contributed by atoms with Crippen LogP contribution in [0.1, 0.15) is 53.6 Å². The first-order valence-corrected chi connectivity index (χ1v) is 18.7. The lowest BCUT2D eigenvalue weighted by atomic mass is 9.91. The minimum Gasteiger partial charge on any atom is -0.310 e. The second-order valence-corrected chi connectivity index (χ2v) is 15.1. The van der Waals surface area contributed by atoms with E-state index in [1.54, 1.807) is 0 Å². The Morgan fingerprint density at radius 3 is 1.25 bits per heavy atom. The number of benzene rings is 7. The average molecular weight is 677 g/mol. The Kier molecular flexibility index (Phi) is 8.50. The van der Waals surface area contributed by atoms with Gasteiger partial charge >= 0.3 is 0 Å². The number of fused-ring (bicyclic) bond motifs is 5. The second-order valence-electron chi connectivity index (χ2n) is 15.1. The van der Waals surface area contributed by atoms with Crippen molar-refractivity contribution in [3.63, 3.8) is 0 Å². The van der Waals surface area contributed by atoms with Crippen LogP contribution in [0, 0.1) is 47.5 Å². The molecular weight excluding hydrogens is 629 g/mol. The van der Waals surface area contributed by atoms with E-state index in [1.807, 2.05) is 0 Å². The van der Waals surface area contributed by atoms with Gasteiger partial charge in [0.15, 0.2) is 0 Å². The van der Waals surface area contributed by atoms with Gasteiger partial charge in [0.25, 0.3) is 0 Å². The van der Waals surface area contributed by atoms with Crippen LogP contribution in [0.2, 0.25) is 0 Å². The summed E-state index contributed by atoms with van der Waals surface area (Å²) in [5.41, 5.74) is 16.3. The summed E-state index contributed by atoms with van der Waals surface area (Å²) in [7, 11) is 0. The topological polar surface area (TPSA) is 6.48 Å². The van der Waals surface area contributed by atoms with E-state index in [2.05, 4.69) is 193 Å². The smallest absolute Gasteiger partial charge is 0.0546 e. The molecule has 1 aliphatic rings. The first-order valence-electron chi connectivity index (χ1n) is 18.7. The molecule has 0 saturated carbocycles. The van der Waals surface area contributed by atoms with Crippen molar-refractivity contribution < 1.29 is 0 Å². The Bertz CT molecular complexity index is 2550. The number of rotatable bonds is 6. The zero-order valence-corrected chi connectivity index (χ0v) is 31.8. The van der Waals surface area contributed by atoms with E-state index in [9.17, 15) is 0 Å². The van der Waals surface area contributed by atoms with Crippen molar-refractivity contribution in [2.75, 3.05) is 9.80 Å². The molecule has 0 aliphatic heterocycles. The molecule has 8 rings (SSSR count). The quantitative estimate of drug-likeness (QED) is 0.162. The van der Waals surface area contributed by atoms with Gasteiger partial charge in [-0.25, -0.2) is 0 Å². The fraction of sp³-hybridized carbons (Fsp3) is 0.200. The lowest BCUT2D eigenvalue weighted by molar-refractivity contribution is 0.679. The number of hydrogen-bond donors (Lipinski definition) is 0. The number of hydrogen-bond acceptors (Lipinski definition) is 2. The molecule has 0 radical (unpaired) electrons. The molecule has 7 aromatic rings. The molecule has 1 atom stereocenters. The fourth-order valence-electron chi connectivity index (χ4n) is 7.81. The van der Waals surface area contributed by atoms with Gasteiger partial charge in [-0.05, 0) is 170 Å². The molecule has 0 amide bonds. The number of allylic oxidation sites excluding steroid dienone is 3. The minimum absolute atomic E-state index is 0.540. The lowest BCUT2D eigenvalue weighted by Crippen LogP contribution is -2.19. The largest absolute Gasteiger partial charge is 0.310 e. The monoisotopic (exact) mass is 676 g/mol. The SMILES string of the molecule is CC1=CC(N(c2ccc(C)c(C)c2)c2cc3c4ccccc4c(N(c4ccc(C)c(C)c4)c4ccc(C)c(C)c4)cc3c3ccccc23)=CCC1C. The van der Waals surface area contributed by atoms with Crippen molar-refractivity contribution >= 4 is 60.8 Å². The van der Waals surface area contributed by atoms with Crippen molar-refractivity contribution in [3.05, 3.63) is 172 Å². The van der Waals surface area contributed by atoms with Gasteiger partial charge in [0, 0.05) is 33.5 Å². The Morgan fingerprint density at radius 1 is 0.423 bits per heavy atom. The molecule has 0 spiro atoms. The van der Waals surface area contributed by atoms with Gasteiger partial charge in [0.05, 0.1) is 11.4 Å². The summed E-state index contributed by atoms with van der Waals surface area (Å²) in [6.45, 7) is 17.8. The van der Waals surface area contributed by atoms with E-state index in [-0.39, 0.29) is 0 Å². The third-order valence-corrected chi connectivity index (χ3v) is 11.7. The Morgan fingerprint density at radius 2 is 0.827 bits per heavy atom. The van der Waals surface area contributed by atoms with Crippen LogP contribution in [-0.2, 0) is 0 Å². The summed E-state index contributed by atoms with van der Waals surface area (Å²) in [6, 6.07) is 43.5. The summed E-state index contributed by atoms with van der Waals surface area (Å²) in [5.74, 6) is 0.540. The van der Waals surface area contributed by atoms with Gasteiger partial charge in [-0.2, -0.15) is 0 Å². The highest BCUT2D eigenvalue weighted by Gasteiger charge is 2.24. The molecule has 0 N–H and O–H groups in total. The van der Waals surface area contributed by atoms with Crippen molar-refractivity contribution in [2.45, 2.75) is 61.8 Å². The molecule has 2 heteroatoms. The minimum atomic E-state index is 0.540. The molecule has 1 unspecified atom stereocenters. The van der Waals surface area contributed by atoms with Crippen LogP contribution in [0.3, 0.4) is 0 Å². The zero-order chi connectivity index (χ0) is 36.3. The number of nitrogens with zero attached hydrogens (tertiary/aromatic N) is 2. The normalized spacial score (nSPS) is 14.5. The number of anilines is 5. The van der Waals surface area contributed by atoms with E-state index in [1.165, 1.54) is 105 Å². The van der Waals surface area contributed by atoms with Crippen molar-refractivity contribution in [1.29, 1.82) is 0 Å². The molecule has 0 heterocycles. The van der Waals surface area contributed by atoms with Gasteiger partial charge in [-0.15, -0.1) is 0 Å². The molecular formula is C50H48N2. The summed E-state index contributed by atoms with van der Waals surface area (Å²) in [4.78, 5) is 4.97. The molecule has 2 nitrogen and oxygen atoms in total. The predicted octanol–water partition coefficient (Wildman–Crippen LogP) is 14.5. The van der Waals surface area contributed by atoms with Crippen LogP contribution in [0.5, 0.6) is 0 Å². The summed E-state index contributed by atoms with van der Waals surface area (Å²) < 4.78 is 0. The first-order chi connectivity index (χ1) is 25.1. The number of aryl methyl sites for hydroxylation is 6. The van der Waals surface area contributed by atoms with Crippen LogP contribution in [0.25, 0.3) is 32.3 Å². The standard InChI is InChI=1S/C50H48N2/c1-31-17-21-39(25-35(31)5)51(40-22-18-32(2)36(6)26-40)49-29-47-44-14-10-12-16-46(44)50(30-48(47)43-13-9-11-15-45(43)49)52(41-23-19-33(3)37(7)27-41)42-24-20-34(4)38(8)28-42/h9-19,21-30,34H,20H2,1-8H3. The van der Waals surface area contributed by atoms with Crippen LogP contribution < -0.4 is 9.80 Å². The third kappa shape index (κ3) is 5.77. The first kappa shape index (κ1) is 33.5. The zero-order valence-electron chi connectivity index (χ0n) is 31.8. The highest BCUT2D eigenvalue weighted by atomic mass is 15.2. The van der Waals surface area contributed by atoms with Crippen molar-refractivity contribution in [1.82, 2.24) is 0 Å². The van der Waals surface area contributed by atoms with E-state index in [0.717, 1.165) is 6.42 Å².